The van der Waals surface area contributed by atoms with Crippen LogP contribution in [-0.2, 0) is 6.42 Å². The molecule has 1 saturated heterocycles. The van der Waals surface area contributed by atoms with E-state index in [0.29, 0.717) is 42.7 Å². The first kappa shape index (κ1) is 33.4. The standard InChI is InChI=1S/C40H49FN2O4/c1-28-5-4-19-39(2)37(18-20-40(39,46)27-42-21-23-43(24-22-42)32-12-10-31(41)11-13-32)35-17-7-29(25-33(44)14-6-28)26-36(35)38(45)30-8-15-34(47-3)16-9-30/h5,7-13,15-17,26,33,37,44,46H,4,6,14,18-25,27H2,1-3H3. The Balaban J connectivity index is 1.32. The van der Waals surface area contributed by atoms with Crippen LogP contribution in [0.5, 0.6) is 5.75 Å². The Labute approximate surface area is 278 Å². The molecule has 3 aromatic rings. The molecule has 1 heterocycles. The first-order valence-electron chi connectivity index (χ1n) is 17.2. The molecule has 3 aliphatic carbocycles. The van der Waals surface area contributed by atoms with Gasteiger partial charge in [0.15, 0.2) is 5.78 Å². The summed E-state index contributed by atoms with van der Waals surface area (Å²) >= 11 is 0. The summed E-state index contributed by atoms with van der Waals surface area (Å²) in [6.45, 7) is 8.23. The molecule has 2 fully saturated rings. The van der Waals surface area contributed by atoms with E-state index in [1.807, 2.05) is 42.5 Å². The van der Waals surface area contributed by atoms with Gasteiger partial charge in [-0.2, -0.15) is 0 Å². The first-order valence-corrected chi connectivity index (χ1v) is 17.2. The van der Waals surface area contributed by atoms with Crippen LogP contribution in [0, 0.1) is 11.2 Å². The Morgan fingerprint density at radius 1 is 0.979 bits per heavy atom. The Kier molecular flexibility index (Phi) is 9.88. The van der Waals surface area contributed by atoms with Crippen molar-refractivity contribution in [3.05, 3.63) is 106 Å². The summed E-state index contributed by atoms with van der Waals surface area (Å²) in [5.41, 5.74) is 4.07. The van der Waals surface area contributed by atoms with E-state index in [2.05, 4.69) is 41.9 Å². The molecule has 2 N–H and O–H groups in total. The third-order valence-corrected chi connectivity index (χ3v) is 11.3. The second kappa shape index (κ2) is 13.9. The molecule has 2 bridgehead atoms. The van der Waals surface area contributed by atoms with Crippen molar-refractivity contribution < 1.29 is 24.1 Å². The summed E-state index contributed by atoms with van der Waals surface area (Å²) in [5, 5.41) is 23.6. The van der Waals surface area contributed by atoms with Crippen LogP contribution in [0.1, 0.15) is 85.3 Å². The molecule has 7 rings (SSSR count). The Morgan fingerprint density at radius 3 is 2.40 bits per heavy atom. The molecule has 250 valence electrons. The van der Waals surface area contributed by atoms with Gasteiger partial charge >= 0.3 is 0 Å². The summed E-state index contributed by atoms with van der Waals surface area (Å²) in [6, 6.07) is 20.1. The van der Waals surface area contributed by atoms with Gasteiger partial charge in [0.25, 0.3) is 0 Å². The minimum absolute atomic E-state index is 0.0131. The van der Waals surface area contributed by atoms with Crippen LogP contribution in [-0.4, -0.2) is 72.4 Å². The van der Waals surface area contributed by atoms with Gasteiger partial charge in [-0.25, -0.2) is 4.39 Å². The lowest BCUT2D eigenvalue weighted by atomic mass is 9.64. The van der Waals surface area contributed by atoms with Crippen molar-refractivity contribution in [1.29, 1.82) is 0 Å². The van der Waals surface area contributed by atoms with Crippen LogP contribution in [0.15, 0.2) is 78.4 Å². The van der Waals surface area contributed by atoms with Gasteiger partial charge in [0, 0.05) is 55.0 Å². The summed E-state index contributed by atoms with van der Waals surface area (Å²) in [6.07, 6.45) is 6.84. The topological polar surface area (TPSA) is 73.2 Å². The number of piperazine rings is 1. The minimum atomic E-state index is -0.941. The Morgan fingerprint density at radius 2 is 1.70 bits per heavy atom. The highest BCUT2D eigenvalue weighted by Gasteiger charge is 2.57. The van der Waals surface area contributed by atoms with Gasteiger partial charge in [-0.3, -0.25) is 9.69 Å². The number of fused-ring (bicyclic) bond motifs is 8. The number of anilines is 1. The van der Waals surface area contributed by atoms with Gasteiger partial charge in [-0.1, -0.05) is 30.7 Å². The van der Waals surface area contributed by atoms with Gasteiger partial charge in [0.2, 0.25) is 0 Å². The molecule has 7 heteroatoms. The highest BCUT2D eigenvalue weighted by molar-refractivity contribution is 6.10. The van der Waals surface area contributed by atoms with Crippen LogP contribution < -0.4 is 9.64 Å². The summed E-state index contributed by atoms with van der Waals surface area (Å²) < 4.78 is 18.9. The number of β-amino-alcohol motifs (C(OH)–C–C–N with tert-alkyl or cyclic N) is 1. The summed E-state index contributed by atoms with van der Waals surface area (Å²) in [7, 11) is 1.61. The number of aliphatic hydroxyl groups is 2. The molecule has 0 aromatic heterocycles. The number of carbonyl (C=O) groups is 1. The summed E-state index contributed by atoms with van der Waals surface area (Å²) in [5.74, 6) is 0.411. The molecular formula is C40H49FN2O4. The van der Waals surface area contributed by atoms with Gasteiger partial charge in [0.1, 0.15) is 11.6 Å². The van der Waals surface area contributed by atoms with E-state index in [0.717, 1.165) is 68.7 Å². The number of halogens is 1. The fourth-order valence-electron chi connectivity index (χ4n) is 8.28. The Bertz CT molecular complexity index is 1580. The third kappa shape index (κ3) is 7.03. The second-order valence-electron chi connectivity index (χ2n) is 14.2. The van der Waals surface area contributed by atoms with Crippen molar-refractivity contribution >= 4 is 11.5 Å². The number of allylic oxidation sites excluding steroid dienone is 2. The fraction of sp³-hybridized carbons (Fsp3) is 0.475. The maximum absolute atomic E-state index is 14.2. The van der Waals surface area contributed by atoms with Gasteiger partial charge in [0.05, 0.1) is 18.8 Å². The van der Waals surface area contributed by atoms with Gasteiger partial charge in [-0.05, 0) is 124 Å². The van der Waals surface area contributed by atoms with Crippen molar-refractivity contribution in [1.82, 2.24) is 4.90 Å². The molecule has 4 unspecified atom stereocenters. The highest BCUT2D eigenvalue weighted by Crippen LogP contribution is 2.59. The zero-order chi connectivity index (χ0) is 33.2. The van der Waals surface area contributed by atoms with Crippen LogP contribution in [0.4, 0.5) is 10.1 Å². The zero-order valence-corrected chi connectivity index (χ0v) is 28.1. The molecule has 6 nitrogen and oxygen atoms in total. The largest absolute Gasteiger partial charge is 0.497 e. The summed E-state index contributed by atoms with van der Waals surface area (Å²) in [4.78, 5) is 18.9. The number of nitrogens with zero attached hydrogens (tertiary/aromatic N) is 2. The van der Waals surface area contributed by atoms with E-state index in [1.54, 1.807) is 7.11 Å². The molecule has 0 spiro atoms. The van der Waals surface area contributed by atoms with Crippen LogP contribution in [0.3, 0.4) is 0 Å². The van der Waals surface area contributed by atoms with Crippen molar-refractivity contribution in [2.45, 2.75) is 76.4 Å². The molecule has 4 aliphatic rings. The van der Waals surface area contributed by atoms with E-state index in [4.69, 9.17) is 4.74 Å². The maximum Gasteiger partial charge on any atom is 0.193 e. The molecule has 47 heavy (non-hydrogen) atoms. The first-order chi connectivity index (χ1) is 22.6. The number of ketones is 1. The zero-order valence-electron chi connectivity index (χ0n) is 28.1. The van der Waals surface area contributed by atoms with Crippen molar-refractivity contribution in [3.8, 4) is 5.75 Å². The number of benzene rings is 3. The predicted octanol–water partition coefficient (Wildman–Crippen LogP) is 6.93. The number of hydrogen-bond acceptors (Lipinski definition) is 6. The average Bonchev–Trinajstić information content (AvgIpc) is 3.32. The van der Waals surface area contributed by atoms with Crippen LogP contribution in [0.2, 0.25) is 0 Å². The number of carbonyl (C=O) groups excluding carboxylic acids is 1. The van der Waals surface area contributed by atoms with Gasteiger partial charge in [-0.15, -0.1) is 0 Å². The minimum Gasteiger partial charge on any atom is -0.497 e. The van der Waals surface area contributed by atoms with E-state index >= 15 is 0 Å². The lowest BCUT2D eigenvalue weighted by Crippen LogP contribution is -2.56. The number of hydrogen-bond donors (Lipinski definition) is 2. The smallest absolute Gasteiger partial charge is 0.193 e. The molecule has 0 amide bonds. The monoisotopic (exact) mass is 640 g/mol. The normalized spacial score (nSPS) is 27.2. The Hall–Kier alpha value is -3.52. The molecule has 1 saturated carbocycles. The SMILES string of the molecule is COc1ccc(C(=O)c2cc3ccc2C2CCC(O)(CN4CCN(c5ccc(F)cc5)CC4)C2(C)CCC=C(C)CCC(O)C3)cc1. The quantitative estimate of drug-likeness (QED) is 0.225. The number of rotatable bonds is 6. The molecule has 3 aromatic carbocycles. The average molecular weight is 641 g/mol. The number of aliphatic hydroxyl groups excluding tert-OH is 1. The van der Waals surface area contributed by atoms with Crippen LogP contribution >= 0.6 is 0 Å². The lowest BCUT2D eigenvalue weighted by molar-refractivity contribution is -0.0841. The number of ether oxygens (including phenoxy) is 1. The van der Waals surface area contributed by atoms with E-state index in [1.165, 1.54) is 17.7 Å². The molecule has 1 aliphatic heterocycles. The van der Waals surface area contributed by atoms with Crippen molar-refractivity contribution in [3.63, 3.8) is 0 Å². The van der Waals surface area contributed by atoms with Crippen molar-refractivity contribution in [2.75, 3.05) is 44.7 Å². The fourth-order valence-corrected chi connectivity index (χ4v) is 8.28. The molecule has 0 radical (unpaired) electrons. The van der Waals surface area contributed by atoms with E-state index in [9.17, 15) is 19.4 Å². The van der Waals surface area contributed by atoms with E-state index in [-0.39, 0.29) is 17.5 Å². The number of methoxy groups -OCH3 is 1. The predicted molar refractivity (Wildman–Crippen MR) is 185 cm³/mol. The second-order valence-corrected chi connectivity index (χ2v) is 14.2. The highest BCUT2D eigenvalue weighted by atomic mass is 19.1. The lowest BCUT2D eigenvalue weighted by Gasteiger charge is -2.47. The van der Waals surface area contributed by atoms with E-state index < -0.39 is 17.1 Å². The third-order valence-electron chi connectivity index (χ3n) is 11.3. The van der Waals surface area contributed by atoms with Crippen LogP contribution in [0.25, 0.3) is 0 Å². The molecular weight excluding hydrogens is 591 g/mol. The van der Waals surface area contributed by atoms with Gasteiger partial charge < -0.3 is 19.8 Å². The maximum atomic E-state index is 14.2. The molecule has 4 atom stereocenters. The van der Waals surface area contributed by atoms with Crippen molar-refractivity contribution in [2.24, 2.45) is 5.41 Å².